The lowest BCUT2D eigenvalue weighted by atomic mass is 10.1. The van der Waals surface area contributed by atoms with Crippen molar-refractivity contribution in [2.75, 3.05) is 5.33 Å². The molecule has 0 amide bonds. The summed E-state index contributed by atoms with van der Waals surface area (Å²) in [5, 5.41) is 13.8. The number of alkyl halides is 1. The quantitative estimate of drug-likeness (QED) is 0.810. The van der Waals surface area contributed by atoms with E-state index in [1.54, 1.807) is 6.07 Å². The van der Waals surface area contributed by atoms with E-state index in [9.17, 15) is 0 Å². The highest BCUT2D eigenvalue weighted by Crippen LogP contribution is 2.22. The second-order valence-corrected chi connectivity index (χ2v) is 4.07. The molecule has 0 fully saturated rings. The molecule has 1 aromatic heterocycles. The van der Waals surface area contributed by atoms with Crippen LogP contribution in [0.25, 0.3) is 11.3 Å². The predicted molar refractivity (Wildman–Crippen MR) is 64.2 cm³/mol. The molecule has 16 heavy (non-hydrogen) atoms. The second-order valence-electron chi connectivity index (χ2n) is 3.27. The number of aryl methyl sites for hydroxylation is 1. The Balaban J connectivity index is 2.39. The fourth-order valence-electron chi connectivity index (χ4n) is 1.45. The zero-order valence-electron chi connectivity index (χ0n) is 8.48. The number of nitrogens with zero attached hydrogens (tertiary/aromatic N) is 2. The molecule has 0 aliphatic carbocycles. The van der Waals surface area contributed by atoms with E-state index in [2.05, 4.69) is 27.2 Å². The summed E-state index contributed by atoms with van der Waals surface area (Å²) in [6.07, 6.45) is 0.793. The van der Waals surface area contributed by atoms with E-state index in [0.29, 0.717) is 11.3 Å². The number of rotatable bonds is 3. The highest BCUT2D eigenvalue weighted by molar-refractivity contribution is 9.09. The lowest BCUT2D eigenvalue weighted by Gasteiger charge is -1.96. The number of nitriles is 1. The third kappa shape index (κ3) is 2.15. The van der Waals surface area contributed by atoms with Crippen molar-refractivity contribution >= 4 is 15.9 Å². The van der Waals surface area contributed by atoms with Gasteiger partial charge >= 0.3 is 0 Å². The van der Waals surface area contributed by atoms with Crippen LogP contribution in [0.4, 0.5) is 0 Å². The standard InChI is InChI=1S/C12H9BrN2O/c13-6-5-10-7-12(15-16-10)11-4-2-1-3-9(11)8-14/h1-4,7H,5-6H2. The first-order valence-corrected chi connectivity index (χ1v) is 5.98. The molecule has 0 bridgehead atoms. The molecule has 1 heterocycles. The van der Waals surface area contributed by atoms with E-state index < -0.39 is 0 Å². The van der Waals surface area contributed by atoms with Gasteiger partial charge in [0.2, 0.25) is 0 Å². The van der Waals surface area contributed by atoms with Crippen LogP contribution in [0.15, 0.2) is 34.9 Å². The van der Waals surface area contributed by atoms with Gasteiger partial charge in [-0.05, 0) is 6.07 Å². The van der Waals surface area contributed by atoms with E-state index in [4.69, 9.17) is 9.78 Å². The van der Waals surface area contributed by atoms with Crippen molar-refractivity contribution in [1.29, 1.82) is 5.26 Å². The highest BCUT2D eigenvalue weighted by atomic mass is 79.9. The van der Waals surface area contributed by atoms with Crippen LogP contribution in [0.2, 0.25) is 0 Å². The van der Waals surface area contributed by atoms with Crippen molar-refractivity contribution in [1.82, 2.24) is 5.16 Å². The summed E-state index contributed by atoms with van der Waals surface area (Å²) in [7, 11) is 0. The summed E-state index contributed by atoms with van der Waals surface area (Å²) < 4.78 is 5.17. The summed E-state index contributed by atoms with van der Waals surface area (Å²) in [5.41, 5.74) is 2.14. The van der Waals surface area contributed by atoms with Gasteiger partial charge in [0.15, 0.2) is 0 Å². The lowest BCUT2D eigenvalue weighted by molar-refractivity contribution is 0.390. The van der Waals surface area contributed by atoms with E-state index in [1.807, 2.05) is 24.3 Å². The molecular formula is C12H9BrN2O. The minimum atomic E-state index is 0.612. The molecule has 0 atom stereocenters. The van der Waals surface area contributed by atoms with Crippen LogP contribution in [0.5, 0.6) is 0 Å². The molecule has 0 radical (unpaired) electrons. The summed E-state index contributed by atoms with van der Waals surface area (Å²) in [5.74, 6) is 0.819. The van der Waals surface area contributed by atoms with E-state index >= 15 is 0 Å². The third-order valence-corrected chi connectivity index (χ3v) is 2.62. The van der Waals surface area contributed by atoms with Crippen molar-refractivity contribution in [3.8, 4) is 17.3 Å². The normalized spacial score (nSPS) is 10.0. The Bertz CT molecular complexity index is 528. The fourth-order valence-corrected chi connectivity index (χ4v) is 1.85. The highest BCUT2D eigenvalue weighted by Gasteiger charge is 2.09. The van der Waals surface area contributed by atoms with E-state index in [1.165, 1.54) is 0 Å². The van der Waals surface area contributed by atoms with Crippen molar-refractivity contribution < 1.29 is 4.52 Å². The molecule has 0 aliphatic heterocycles. The zero-order valence-corrected chi connectivity index (χ0v) is 10.1. The molecule has 0 aliphatic rings. The molecule has 0 spiro atoms. The Morgan fingerprint density at radius 2 is 2.19 bits per heavy atom. The molecule has 0 N–H and O–H groups in total. The first-order chi connectivity index (χ1) is 7.85. The third-order valence-electron chi connectivity index (χ3n) is 2.22. The van der Waals surface area contributed by atoms with Crippen molar-refractivity contribution in [3.63, 3.8) is 0 Å². The first kappa shape index (κ1) is 10.9. The van der Waals surface area contributed by atoms with Crippen LogP contribution in [0, 0.1) is 11.3 Å². The van der Waals surface area contributed by atoms with Gasteiger partial charge in [-0.15, -0.1) is 0 Å². The van der Waals surface area contributed by atoms with Gasteiger partial charge in [0.1, 0.15) is 11.5 Å². The Morgan fingerprint density at radius 3 is 2.94 bits per heavy atom. The van der Waals surface area contributed by atoms with E-state index in [0.717, 1.165) is 23.1 Å². The topological polar surface area (TPSA) is 49.8 Å². The van der Waals surface area contributed by atoms with Gasteiger partial charge < -0.3 is 4.52 Å². The zero-order chi connectivity index (χ0) is 11.4. The molecule has 80 valence electrons. The van der Waals surface area contributed by atoms with Crippen molar-refractivity contribution in [2.24, 2.45) is 0 Å². The average molecular weight is 277 g/mol. The number of benzene rings is 1. The minimum Gasteiger partial charge on any atom is -0.361 e. The predicted octanol–water partition coefficient (Wildman–Crippen LogP) is 3.15. The van der Waals surface area contributed by atoms with Crippen LogP contribution in [0.3, 0.4) is 0 Å². The number of halogens is 1. The van der Waals surface area contributed by atoms with Crippen LogP contribution in [0.1, 0.15) is 11.3 Å². The van der Waals surface area contributed by atoms with Crippen LogP contribution < -0.4 is 0 Å². The SMILES string of the molecule is N#Cc1ccccc1-c1cc(CCBr)on1. The summed E-state index contributed by atoms with van der Waals surface area (Å²) in [6, 6.07) is 11.4. The van der Waals surface area contributed by atoms with Crippen molar-refractivity contribution in [3.05, 3.63) is 41.7 Å². The Morgan fingerprint density at radius 1 is 1.38 bits per heavy atom. The van der Waals surface area contributed by atoms with Gasteiger partial charge in [-0.25, -0.2) is 0 Å². The fraction of sp³-hybridized carbons (Fsp3) is 0.167. The summed E-state index contributed by atoms with van der Waals surface area (Å²) in [6.45, 7) is 0. The summed E-state index contributed by atoms with van der Waals surface area (Å²) in [4.78, 5) is 0. The first-order valence-electron chi connectivity index (χ1n) is 4.86. The maximum atomic E-state index is 8.97. The lowest BCUT2D eigenvalue weighted by Crippen LogP contribution is -1.83. The molecule has 0 unspecified atom stereocenters. The molecule has 3 nitrogen and oxygen atoms in total. The van der Waals surface area contributed by atoms with Crippen LogP contribution >= 0.6 is 15.9 Å². The molecule has 0 saturated heterocycles. The Labute approximate surface area is 102 Å². The Kier molecular flexibility index (Phi) is 3.37. The van der Waals surface area contributed by atoms with Gasteiger partial charge in [-0.1, -0.05) is 39.3 Å². The minimum absolute atomic E-state index is 0.612. The molecule has 0 saturated carbocycles. The molecule has 2 aromatic rings. The van der Waals surface area contributed by atoms with Gasteiger partial charge in [-0.2, -0.15) is 5.26 Å². The summed E-state index contributed by atoms with van der Waals surface area (Å²) >= 11 is 3.34. The van der Waals surface area contributed by atoms with Crippen LogP contribution in [-0.4, -0.2) is 10.5 Å². The molecule has 1 aromatic carbocycles. The molecule has 4 heteroatoms. The van der Waals surface area contributed by atoms with E-state index in [-0.39, 0.29) is 0 Å². The largest absolute Gasteiger partial charge is 0.361 e. The monoisotopic (exact) mass is 276 g/mol. The number of aromatic nitrogens is 1. The van der Waals surface area contributed by atoms with Gasteiger partial charge in [0.25, 0.3) is 0 Å². The molecular weight excluding hydrogens is 268 g/mol. The smallest absolute Gasteiger partial charge is 0.138 e. The Hall–Kier alpha value is -1.60. The van der Waals surface area contributed by atoms with Gasteiger partial charge in [0.05, 0.1) is 11.6 Å². The maximum absolute atomic E-state index is 8.97. The second kappa shape index (κ2) is 4.95. The number of hydrogen-bond acceptors (Lipinski definition) is 3. The number of hydrogen-bond donors (Lipinski definition) is 0. The maximum Gasteiger partial charge on any atom is 0.138 e. The van der Waals surface area contributed by atoms with Gasteiger partial charge in [-0.3, -0.25) is 0 Å². The molecule has 2 rings (SSSR count). The van der Waals surface area contributed by atoms with Crippen LogP contribution in [-0.2, 0) is 6.42 Å². The van der Waals surface area contributed by atoms with Gasteiger partial charge in [0, 0.05) is 23.4 Å². The average Bonchev–Trinajstić information content (AvgIpc) is 2.78. The van der Waals surface area contributed by atoms with Crippen molar-refractivity contribution in [2.45, 2.75) is 6.42 Å².